The van der Waals surface area contributed by atoms with Gasteiger partial charge in [-0.2, -0.15) is 0 Å². The van der Waals surface area contributed by atoms with Gasteiger partial charge >= 0.3 is 0 Å². The Kier molecular flexibility index (Phi) is 3.06. The van der Waals surface area contributed by atoms with E-state index >= 15 is 0 Å². The van der Waals surface area contributed by atoms with E-state index in [0.717, 1.165) is 12.8 Å². The van der Waals surface area contributed by atoms with Crippen molar-refractivity contribution in [2.75, 3.05) is 0 Å². The van der Waals surface area contributed by atoms with Crippen molar-refractivity contribution in [3.05, 3.63) is 34.6 Å². The summed E-state index contributed by atoms with van der Waals surface area (Å²) in [6.07, 6.45) is 3.19. The number of carbonyl (C=O) groups is 1. The Balaban J connectivity index is 2.01. The van der Waals surface area contributed by atoms with Gasteiger partial charge in [0, 0.05) is 17.9 Å². The largest absolute Gasteiger partial charge is 0.299 e. The zero-order chi connectivity index (χ0) is 10.8. The molecule has 0 amide bonds. The molecule has 2 rings (SSSR count). The van der Waals surface area contributed by atoms with E-state index in [1.165, 1.54) is 18.2 Å². The van der Waals surface area contributed by atoms with Gasteiger partial charge in [0.25, 0.3) is 0 Å². The van der Waals surface area contributed by atoms with Crippen molar-refractivity contribution in [1.29, 1.82) is 0 Å². The smallest absolute Gasteiger partial charge is 0.137 e. The Hall–Kier alpha value is -0.890. The Morgan fingerprint density at radius 1 is 1.47 bits per heavy atom. The topological polar surface area (TPSA) is 17.1 Å². The van der Waals surface area contributed by atoms with Crippen LogP contribution in [0.25, 0.3) is 0 Å². The number of benzene rings is 1. The highest BCUT2D eigenvalue weighted by Gasteiger charge is 2.24. The average molecular weight is 227 g/mol. The fourth-order valence-electron chi connectivity index (χ4n) is 1.61. The van der Waals surface area contributed by atoms with Gasteiger partial charge in [0.2, 0.25) is 0 Å². The molecule has 1 saturated carbocycles. The maximum absolute atomic E-state index is 12.9. The van der Waals surface area contributed by atoms with Crippen molar-refractivity contribution in [2.24, 2.45) is 5.92 Å². The molecule has 1 nitrogen and oxygen atoms in total. The summed E-state index contributed by atoms with van der Waals surface area (Å²) in [5, 5.41) is 0.473. The van der Waals surface area contributed by atoms with Gasteiger partial charge in [-0.3, -0.25) is 4.79 Å². The molecule has 0 heterocycles. The van der Waals surface area contributed by atoms with Crippen LogP contribution in [0.1, 0.15) is 24.8 Å². The number of rotatable bonds is 4. The summed E-state index contributed by atoms with van der Waals surface area (Å²) < 4.78 is 12.9. The Labute approximate surface area is 93.2 Å². The lowest BCUT2D eigenvalue weighted by Crippen LogP contribution is -2.04. The van der Waals surface area contributed by atoms with E-state index < -0.39 is 0 Å². The van der Waals surface area contributed by atoms with Gasteiger partial charge in [0.1, 0.15) is 11.6 Å². The summed E-state index contributed by atoms with van der Waals surface area (Å²) in [5.41, 5.74) is 0.599. The number of halogens is 2. The van der Waals surface area contributed by atoms with Crippen molar-refractivity contribution in [3.8, 4) is 0 Å². The lowest BCUT2D eigenvalue weighted by molar-refractivity contribution is -0.118. The minimum atomic E-state index is -0.339. The first-order chi connectivity index (χ1) is 7.15. The molecule has 0 spiro atoms. The first kappa shape index (κ1) is 10.6. The Morgan fingerprint density at radius 3 is 2.87 bits per heavy atom. The number of hydrogen-bond acceptors (Lipinski definition) is 1. The van der Waals surface area contributed by atoms with Crippen LogP contribution in [0.3, 0.4) is 0 Å². The molecule has 0 unspecified atom stereocenters. The maximum atomic E-state index is 12.9. The van der Waals surface area contributed by atoms with Crippen LogP contribution in [0.15, 0.2) is 18.2 Å². The monoisotopic (exact) mass is 226 g/mol. The summed E-state index contributed by atoms with van der Waals surface area (Å²) in [5.74, 6) is 0.392. The molecular formula is C12H12ClFO. The molecule has 1 aliphatic carbocycles. The molecule has 3 heteroatoms. The van der Waals surface area contributed by atoms with Gasteiger partial charge < -0.3 is 0 Å². The molecule has 0 aliphatic heterocycles. The lowest BCUT2D eigenvalue weighted by atomic mass is 10.1. The molecule has 0 bridgehead atoms. The third kappa shape index (κ3) is 3.03. The third-order valence-corrected chi connectivity index (χ3v) is 2.98. The minimum absolute atomic E-state index is 0.157. The highest BCUT2D eigenvalue weighted by atomic mass is 35.5. The summed E-state index contributed by atoms with van der Waals surface area (Å²) in [4.78, 5) is 11.5. The van der Waals surface area contributed by atoms with E-state index in [4.69, 9.17) is 11.6 Å². The van der Waals surface area contributed by atoms with E-state index in [1.54, 1.807) is 0 Å². The fraction of sp³-hybridized carbons (Fsp3) is 0.417. The summed E-state index contributed by atoms with van der Waals surface area (Å²) in [7, 11) is 0. The minimum Gasteiger partial charge on any atom is -0.299 e. The van der Waals surface area contributed by atoms with Crippen LogP contribution in [-0.2, 0) is 11.2 Å². The fourth-order valence-corrected chi connectivity index (χ4v) is 1.79. The molecular weight excluding hydrogens is 215 g/mol. The van der Waals surface area contributed by atoms with Crippen LogP contribution >= 0.6 is 11.6 Å². The van der Waals surface area contributed by atoms with E-state index in [0.29, 0.717) is 22.9 Å². The normalized spacial score (nSPS) is 15.3. The molecule has 1 fully saturated rings. The SMILES string of the molecule is O=C(Cc1cc(F)ccc1Cl)CC1CC1. The summed E-state index contributed by atoms with van der Waals surface area (Å²) in [6.45, 7) is 0. The van der Waals surface area contributed by atoms with Gasteiger partial charge in [-0.25, -0.2) is 4.39 Å². The molecule has 0 N–H and O–H groups in total. The van der Waals surface area contributed by atoms with Crippen LogP contribution in [0.2, 0.25) is 5.02 Å². The molecule has 0 atom stereocenters. The second-order valence-electron chi connectivity index (χ2n) is 4.10. The van der Waals surface area contributed by atoms with E-state index in [-0.39, 0.29) is 18.0 Å². The molecule has 1 aromatic carbocycles. The molecule has 0 saturated heterocycles. The van der Waals surface area contributed by atoms with E-state index in [2.05, 4.69) is 0 Å². The van der Waals surface area contributed by atoms with Gasteiger partial charge in [-0.15, -0.1) is 0 Å². The van der Waals surface area contributed by atoms with Crippen LogP contribution in [0.4, 0.5) is 4.39 Å². The zero-order valence-electron chi connectivity index (χ0n) is 8.30. The first-order valence-corrected chi connectivity index (χ1v) is 5.48. The molecule has 15 heavy (non-hydrogen) atoms. The number of ketones is 1. The average Bonchev–Trinajstić information content (AvgIpc) is 2.95. The quantitative estimate of drug-likeness (QED) is 0.769. The highest BCUT2D eigenvalue weighted by molar-refractivity contribution is 6.31. The lowest BCUT2D eigenvalue weighted by Gasteiger charge is -2.03. The second kappa shape index (κ2) is 4.31. The number of Topliss-reactive ketones (excluding diaryl/α,β-unsaturated/α-hetero) is 1. The van der Waals surface area contributed by atoms with Crippen molar-refractivity contribution in [1.82, 2.24) is 0 Å². The number of hydrogen-bond donors (Lipinski definition) is 0. The van der Waals surface area contributed by atoms with Gasteiger partial charge in [0.15, 0.2) is 0 Å². The van der Waals surface area contributed by atoms with Crippen LogP contribution in [-0.4, -0.2) is 5.78 Å². The van der Waals surface area contributed by atoms with Gasteiger partial charge in [-0.05, 0) is 42.5 Å². The standard InChI is InChI=1S/C12H12ClFO/c13-12-4-3-10(14)6-9(12)7-11(15)5-8-1-2-8/h3-4,6,8H,1-2,5,7H2. The predicted octanol–water partition coefficient (Wildman–Crippen LogP) is 3.39. The summed E-state index contributed by atoms with van der Waals surface area (Å²) in [6, 6.07) is 4.14. The van der Waals surface area contributed by atoms with Crippen molar-refractivity contribution < 1.29 is 9.18 Å². The second-order valence-corrected chi connectivity index (χ2v) is 4.51. The predicted molar refractivity (Wildman–Crippen MR) is 57.5 cm³/mol. The first-order valence-electron chi connectivity index (χ1n) is 5.11. The zero-order valence-corrected chi connectivity index (χ0v) is 9.06. The Bertz CT molecular complexity index is 385. The Morgan fingerprint density at radius 2 is 2.20 bits per heavy atom. The van der Waals surface area contributed by atoms with Gasteiger partial charge in [0.05, 0.1) is 0 Å². The highest BCUT2D eigenvalue weighted by Crippen LogP contribution is 2.33. The van der Waals surface area contributed by atoms with E-state index in [1.807, 2.05) is 0 Å². The molecule has 1 aromatic rings. The molecule has 80 valence electrons. The number of carbonyl (C=O) groups excluding carboxylic acids is 1. The third-order valence-electron chi connectivity index (χ3n) is 2.61. The van der Waals surface area contributed by atoms with E-state index in [9.17, 15) is 9.18 Å². The van der Waals surface area contributed by atoms with Crippen molar-refractivity contribution in [3.63, 3.8) is 0 Å². The molecule has 0 radical (unpaired) electrons. The van der Waals surface area contributed by atoms with Crippen LogP contribution in [0, 0.1) is 11.7 Å². The van der Waals surface area contributed by atoms with Crippen LogP contribution in [0.5, 0.6) is 0 Å². The van der Waals surface area contributed by atoms with Gasteiger partial charge in [-0.1, -0.05) is 11.6 Å². The maximum Gasteiger partial charge on any atom is 0.137 e. The van der Waals surface area contributed by atoms with Crippen molar-refractivity contribution in [2.45, 2.75) is 25.7 Å². The molecule has 0 aromatic heterocycles. The van der Waals surface area contributed by atoms with Crippen LogP contribution < -0.4 is 0 Å². The van der Waals surface area contributed by atoms with Crippen molar-refractivity contribution >= 4 is 17.4 Å². The summed E-state index contributed by atoms with van der Waals surface area (Å²) >= 11 is 5.87. The molecule has 1 aliphatic rings.